The Labute approximate surface area is 277 Å². The lowest BCUT2D eigenvalue weighted by molar-refractivity contribution is -0.106. The predicted molar refractivity (Wildman–Crippen MR) is 194 cm³/mol. The summed E-state index contributed by atoms with van der Waals surface area (Å²) in [5.41, 5.74) is 9.23. The van der Waals surface area contributed by atoms with E-state index in [4.69, 9.17) is 4.98 Å². The van der Waals surface area contributed by atoms with Crippen LogP contribution in [-0.4, -0.2) is 35.7 Å². The second-order valence-corrected chi connectivity index (χ2v) is 12.6. The molecule has 7 heteroatoms. The number of hydrogen-bond donors (Lipinski definition) is 3. The molecule has 5 aromatic rings. The molecule has 0 bridgehead atoms. The van der Waals surface area contributed by atoms with Gasteiger partial charge in [0.05, 0.1) is 12.2 Å². The normalized spacial score (nSPS) is 13.1. The molecule has 2 N–H and O–H groups in total. The highest BCUT2D eigenvalue weighted by molar-refractivity contribution is 7.98. The first kappa shape index (κ1) is 32.6. The zero-order chi connectivity index (χ0) is 31.4. The third-order valence-corrected chi connectivity index (χ3v) is 9.08. The van der Waals surface area contributed by atoms with Crippen LogP contribution in [0.25, 0.3) is 28.1 Å². The number of aldehydes is 1. The summed E-state index contributed by atoms with van der Waals surface area (Å²) in [6.45, 7) is 0.298. The zero-order valence-corrected chi connectivity index (χ0v) is 27.8. The van der Waals surface area contributed by atoms with Gasteiger partial charge in [0, 0.05) is 34.5 Å². The first-order valence-electron chi connectivity index (χ1n) is 15.6. The molecule has 1 aliphatic carbocycles. The van der Waals surface area contributed by atoms with E-state index in [0.29, 0.717) is 6.54 Å². The number of thiol groups is 1. The van der Waals surface area contributed by atoms with Crippen molar-refractivity contribution in [3.8, 4) is 28.1 Å². The Hall–Kier alpha value is -3.78. The van der Waals surface area contributed by atoms with E-state index in [1.54, 1.807) is 18.8 Å². The number of thioether (sulfide) groups is 1. The summed E-state index contributed by atoms with van der Waals surface area (Å²) < 4.78 is 4.62. The standard InChI is InChI=1S/C37H37N3OS.CH5NS/c1-42-35-21-15-32(16-22-35)36-26-40(34-19-17-33(18-20-34)38-23-24-41)37(39-36)25-27-7-9-29(10-8-27)31-13-11-30(12-14-31)28-5-3-2-4-6-28;1-2-3/h7-22,24,26,28,38H,2-6,23,25H2,1H3;2-3H,1H3. The van der Waals surface area contributed by atoms with Crippen LogP contribution in [0.4, 0.5) is 5.69 Å². The predicted octanol–water partition coefficient (Wildman–Crippen LogP) is 9.23. The number of nitrogens with zero attached hydrogens (tertiary/aromatic N) is 2. The Kier molecular flexibility index (Phi) is 12.0. The number of carbonyl (C=O) groups is 1. The van der Waals surface area contributed by atoms with Gasteiger partial charge in [0.2, 0.25) is 0 Å². The van der Waals surface area contributed by atoms with Crippen molar-refractivity contribution in [3.05, 3.63) is 120 Å². The average molecular weight is 635 g/mol. The van der Waals surface area contributed by atoms with Crippen molar-refractivity contribution in [1.82, 2.24) is 14.3 Å². The van der Waals surface area contributed by atoms with E-state index >= 15 is 0 Å². The highest BCUT2D eigenvalue weighted by atomic mass is 32.2. The molecule has 0 radical (unpaired) electrons. The van der Waals surface area contributed by atoms with E-state index in [-0.39, 0.29) is 0 Å². The highest BCUT2D eigenvalue weighted by Crippen LogP contribution is 2.34. The first-order valence-corrected chi connectivity index (χ1v) is 17.3. The number of benzene rings is 4. The van der Waals surface area contributed by atoms with E-state index in [0.717, 1.165) is 47.1 Å². The third-order valence-electron chi connectivity index (χ3n) is 8.34. The molecule has 1 heterocycles. The van der Waals surface area contributed by atoms with Crippen LogP contribution in [-0.2, 0) is 11.2 Å². The van der Waals surface area contributed by atoms with Gasteiger partial charge in [0.1, 0.15) is 12.1 Å². The van der Waals surface area contributed by atoms with E-state index < -0.39 is 0 Å². The molecule has 4 aromatic carbocycles. The number of hydrogen-bond acceptors (Lipinski definition) is 6. The van der Waals surface area contributed by atoms with E-state index in [9.17, 15) is 4.79 Å². The molecular weight excluding hydrogens is 593 g/mol. The zero-order valence-electron chi connectivity index (χ0n) is 26.1. The van der Waals surface area contributed by atoms with Gasteiger partial charge in [-0.1, -0.05) is 92.7 Å². The van der Waals surface area contributed by atoms with Gasteiger partial charge in [-0.2, -0.15) is 0 Å². The minimum absolute atomic E-state index is 0.298. The molecular formula is C38H42N4OS2. The SMILES string of the molecule is CNS.CSc1ccc(-c2cn(-c3ccc(NCC=O)cc3)c(Cc3ccc(-c4ccc(C5CCCCC5)cc4)cc3)n2)cc1. The highest BCUT2D eigenvalue weighted by Gasteiger charge is 2.16. The van der Waals surface area contributed by atoms with E-state index in [1.165, 1.54) is 59.3 Å². The smallest absolute Gasteiger partial charge is 0.139 e. The molecule has 232 valence electrons. The van der Waals surface area contributed by atoms with Crippen LogP contribution >= 0.6 is 24.6 Å². The van der Waals surface area contributed by atoms with Crippen molar-refractivity contribution in [1.29, 1.82) is 0 Å². The summed E-state index contributed by atoms with van der Waals surface area (Å²) >= 11 is 5.28. The van der Waals surface area contributed by atoms with Gasteiger partial charge in [-0.3, -0.25) is 4.72 Å². The number of aromatic nitrogens is 2. The fraction of sp³-hybridized carbons (Fsp3) is 0.263. The van der Waals surface area contributed by atoms with Crippen molar-refractivity contribution < 1.29 is 4.79 Å². The monoisotopic (exact) mass is 634 g/mol. The molecule has 0 amide bonds. The molecule has 0 aliphatic heterocycles. The molecule has 5 nitrogen and oxygen atoms in total. The van der Waals surface area contributed by atoms with Crippen LogP contribution in [0.15, 0.2) is 108 Å². The summed E-state index contributed by atoms with van der Waals surface area (Å²) in [5, 5.41) is 3.11. The number of nitrogens with one attached hydrogen (secondary N) is 2. The molecule has 0 unspecified atom stereocenters. The Morgan fingerprint density at radius 3 is 2.04 bits per heavy atom. The molecule has 1 saturated carbocycles. The lowest BCUT2D eigenvalue weighted by atomic mass is 9.83. The van der Waals surface area contributed by atoms with Gasteiger partial charge in [-0.15, -0.1) is 11.8 Å². The Balaban J connectivity index is 0.00000128. The third kappa shape index (κ3) is 8.69. The van der Waals surface area contributed by atoms with Gasteiger partial charge < -0.3 is 14.7 Å². The van der Waals surface area contributed by atoms with Crippen LogP contribution in [0.5, 0.6) is 0 Å². The molecule has 1 fully saturated rings. The van der Waals surface area contributed by atoms with Gasteiger partial charge in [0.15, 0.2) is 0 Å². The van der Waals surface area contributed by atoms with Gasteiger partial charge in [0.25, 0.3) is 0 Å². The average Bonchev–Trinajstić information content (AvgIpc) is 3.52. The topological polar surface area (TPSA) is 59.0 Å². The fourth-order valence-electron chi connectivity index (χ4n) is 5.95. The van der Waals surface area contributed by atoms with Gasteiger partial charge in [-0.05, 0) is 90.7 Å². The summed E-state index contributed by atoms with van der Waals surface area (Å²) in [6.07, 6.45) is 12.6. The van der Waals surface area contributed by atoms with Crippen molar-refractivity contribution in [2.75, 3.05) is 25.2 Å². The maximum absolute atomic E-state index is 10.8. The minimum Gasteiger partial charge on any atom is -0.378 e. The Morgan fingerprint density at radius 2 is 1.44 bits per heavy atom. The van der Waals surface area contributed by atoms with Gasteiger partial charge >= 0.3 is 0 Å². The van der Waals surface area contributed by atoms with Gasteiger partial charge in [-0.25, -0.2) is 4.98 Å². The van der Waals surface area contributed by atoms with E-state index in [1.807, 2.05) is 12.1 Å². The quantitative estimate of drug-likeness (QED) is 0.0812. The van der Waals surface area contributed by atoms with E-state index in [2.05, 4.69) is 125 Å². The van der Waals surface area contributed by atoms with Crippen LogP contribution in [0.1, 0.15) is 55.0 Å². The van der Waals surface area contributed by atoms with Crippen molar-refractivity contribution >= 4 is 36.6 Å². The number of imidazole rings is 1. The summed E-state index contributed by atoms with van der Waals surface area (Å²) in [4.78, 5) is 17.1. The fourth-order valence-corrected chi connectivity index (χ4v) is 6.36. The van der Waals surface area contributed by atoms with Crippen LogP contribution < -0.4 is 10.0 Å². The first-order chi connectivity index (χ1) is 22.1. The van der Waals surface area contributed by atoms with Crippen molar-refractivity contribution in [2.45, 2.75) is 49.3 Å². The van der Waals surface area contributed by atoms with Crippen molar-refractivity contribution in [3.63, 3.8) is 0 Å². The summed E-state index contributed by atoms with van der Waals surface area (Å²) in [6, 6.07) is 34.9. The molecule has 6 rings (SSSR count). The second-order valence-electron chi connectivity index (χ2n) is 11.3. The van der Waals surface area contributed by atoms with Crippen LogP contribution in [0, 0.1) is 0 Å². The molecule has 0 atom stereocenters. The minimum atomic E-state index is 0.298. The second kappa shape index (κ2) is 16.5. The van der Waals surface area contributed by atoms with Crippen molar-refractivity contribution in [2.24, 2.45) is 0 Å². The maximum atomic E-state index is 10.8. The maximum Gasteiger partial charge on any atom is 0.139 e. The number of anilines is 1. The van der Waals surface area contributed by atoms with Crippen LogP contribution in [0.3, 0.4) is 0 Å². The molecule has 1 aromatic heterocycles. The Morgan fingerprint density at radius 1 is 0.844 bits per heavy atom. The molecule has 1 aliphatic rings. The number of carbonyl (C=O) groups excluding carboxylic acids is 1. The largest absolute Gasteiger partial charge is 0.378 e. The summed E-state index contributed by atoms with van der Waals surface area (Å²) in [5.74, 6) is 1.72. The molecule has 0 saturated heterocycles. The molecule has 0 spiro atoms. The lowest BCUT2D eigenvalue weighted by Gasteiger charge is -2.22. The molecule has 45 heavy (non-hydrogen) atoms. The van der Waals surface area contributed by atoms with Crippen LogP contribution in [0.2, 0.25) is 0 Å². The number of rotatable bonds is 10. The lowest BCUT2D eigenvalue weighted by Crippen LogP contribution is -2.04. The summed E-state index contributed by atoms with van der Waals surface area (Å²) in [7, 11) is 1.74. The Bertz CT molecular complexity index is 1620.